The molecule has 0 spiro atoms. The fourth-order valence-electron chi connectivity index (χ4n) is 12.0. The molecule has 78 heavy (non-hydrogen) atoms. The van der Waals surface area contributed by atoms with Crippen molar-refractivity contribution in [1.29, 1.82) is 0 Å². The minimum atomic E-state index is 1.16. The fraction of sp³-hybridized carbons (Fsp3) is 1.00. The van der Waals surface area contributed by atoms with Gasteiger partial charge in [0.25, 0.3) is 0 Å². The molecule has 0 fully saturated rings. The van der Waals surface area contributed by atoms with Crippen LogP contribution in [0.25, 0.3) is 0 Å². The molecular formula is C72H152N6. The Morgan fingerprint density at radius 2 is 0.333 bits per heavy atom. The maximum Gasteiger partial charge on any atom is 0.0110 e. The molecule has 470 valence electrons. The highest BCUT2D eigenvalue weighted by molar-refractivity contribution is 4.72. The highest BCUT2D eigenvalue weighted by atomic mass is 15.2. The minimum absolute atomic E-state index is 1.16. The van der Waals surface area contributed by atoms with Crippen molar-refractivity contribution in [2.45, 2.75) is 357 Å². The second-order valence-corrected chi connectivity index (χ2v) is 25.4. The van der Waals surface area contributed by atoms with Gasteiger partial charge in [0.1, 0.15) is 0 Å². The van der Waals surface area contributed by atoms with Gasteiger partial charge in [-0.3, -0.25) is 0 Å². The number of nitrogens with one attached hydrogen (secondary N) is 1. The molecule has 0 bridgehead atoms. The maximum absolute atomic E-state index is 3.91. The Morgan fingerprint density at radius 3 is 0.564 bits per heavy atom. The van der Waals surface area contributed by atoms with Crippen LogP contribution < -0.4 is 5.32 Å². The molecule has 6 nitrogen and oxygen atoms in total. The van der Waals surface area contributed by atoms with Crippen LogP contribution in [0, 0.1) is 0 Å². The van der Waals surface area contributed by atoms with Crippen molar-refractivity contribution in [1.82, 2.24) is 29.8 Å². The number of hydrogen-bond donors (Lipinski definition) is 1. The highest BCUT2D eigenvalue weighted by Gasteiger charge is 2.16. The van der Waals surface area contributed by atoms with E-state index in [1.165, 1.54) is 413 Å². The van der Waals surface area contributed by atoms with Crippen molar-refractivity contribution in [3.05, 3.63) is 0 Å². The van der Waals surface area contributed by atoms with Crippen molar-refractivity contribution in [2.75, 3.05) is 111 Å². The van der Waals surface area contributed by atoms with Gasteiger partial charge in [0, 0.05) is 65.4 Å². The monoisotopic (exact) mass is 1100 g/mol. The van der Waals surface area contributed by atoms with Gasteiger partial charge in [0.05, 0.1) is 0 Å². The van der Waals surface area contributed by atoms with Crippen molar-refractivity contribution >= 4 is 0 Å². The lowest BCUT2D eigenvalue weighted by Crippen LogP contribution is -2.44. The zero-order chi connectivity index (χ0) is 56.6. The van der Waals surface area contributed by atoms with Gasteiger partial charge in [-0.05, 0) is 84.3 Å². The van der Waals surface area contributed by atoms with Gasteiger partial charge < -0.3 is 29.8 Å². The van der Waals surface area contributed by atoms with E-state index in [1.807, 2.05) is 0 Å². The molecule has 0 rings (SSSR count). The zero-order valence-corrected chi connectivity index (χ0v) is 55.7. The van der Waals surface area contributed by atoms with Crippen molar-refractivity contribution < 1.29 is 0 Å². The van der Waals surface area contributed by atoms with Gasteiger partial charge in [-0.15, -0.1) is 0 Å². The average Bonchev–Trinajstić information content (AvgIpc) is 3.45. The summed E-state index contributed by atoms with van der Waals surface area (Å²) in [5.41, 5.74) is 0. The van der Waals surface area contributed by atoms with E-state index in [-0.39, 0.29) is 0 Å². The normalized spacial score (nSPS) is 12.2. The quantitative estimate of drug-likeness (QED) is 0.0611. The Balaban J connectivity index is 6.04. The van der Waals surface area contributed by atoms with E-state index in [1.54, 1.807) is 0 Å². The summed E-state index contributed by atoms with van der Waals surface area (Å²) in [5, 5.41) is 3.91. The van der Waals surface area contributed by atoms with E-state index in [0.717, 1.165) is 6.54 Å². The van der Waals surface area contributed by atoms with E-state index in [2.05, 4.69) is 78.3 Å². The molecule has 0 aromatic heterocycles. The lowest BCUT2D eigenvalue weighted by atomic mass is 10.1. The van der Waals surface area contributed by atoms with E-state index in [0.29, 0.717) is 0 Å². The van der Waals surface area contributed by atoms with Crippen LogP contribution in [0.1, 0.15) is 357 Å². The molecule has 0 heterocycles. The smallest absolute Gasteiger partial charge is 0.0110 e. The minimum Gasteiger partial charge on any atom is -0.315 e. The molecule has 0 aliphatic carbocycles. The first kappa shape index (κ1) is 77.8. The number of rotatable bonds is 70. The van der Waals surface area contributed by atoms with Crippen LogP contribution in [-0.4, -0.2) is 136 Å². The fourth-order valence-corrected chi connectivity index (χ4v) is 12.0. The molecule has 0 saturated heterocycles. The second kappa shape index (κ2) is 67.5. The van der Waals surface area contributed by atoms with Gasteiger partial charge in [-0.2, -0.15) is 0 Å². The van der Waals surface area contributed by atoms with Gasteiger partial charge in [0.2, 0.25) is 0 Å². The van der Waals surface area contributed by atoms with Crippen molar-refractivity contribution in [2.24, 2.45) is 0 Å². The second-order valence-electron chi connectivity index (χ2n) is 25.4. The molecule has 6 heteroatoms. The molecule has 0 aliphatic heterocycles. The van der Waals surface area contributed by atoms with Gasteiger partial charge in [-0.1, -0.05) is 318 Å². The summed E-state index contributed by atoms with van der Waals surface area (Å²) in [6.45, 7) is 37.7. The molecule has 0 aliphatic rings. The first-order chi connectivity index (χ1) is 38.6. The highest BCUT2D eigenvalue weighted by Crippen LogP contribution is 2.15. The summed E-state index contributed by atoms with van der Waals surface area (Å²) < 4.78 is 0. The van der Waals surface area contributed by atoms with Crippen LogP contribution in [0.2, 0.25) is 0 Å². The SMILES string of the molecule is CCCCCCCCCCNCCN(CCCCCCCCCC)CCN(CCCCCCCCCC)CCN(CCCCCCCCCC)CCN(CCCCCCCCCC)CCN(CC)CCCCCCCCCC. The molecule has 0 aromatic carbocycles. The third-order valence-corrected chi connectivity index (χ3v) is 17.8. The van der Waals surface area contributed by atoms with Crippen LogP contribution in [0.4, 0.5) is 0 Å². The molecule has 0 amide bonds. The predicted molar refractivity (Wildman–Crippen MR) is 356 cm³/mol. The number of hydrogen-bond acceptors (Lipinski definition) is 6. The third-order valence-electron chi connectivity index (χ3n) is 17.8. The Labute approximate surface area is 495 Å². The Bertz CT molecular complexity index is 1060. The van der Waals surface area contributed by atoms with Crippen LogP contribution in [0.15, 0.2) is 0 Å². The first-order valence-corrected chi connectivity index (χ1v) is 36.9. The summed E-state index contributed by atoms with van der Waals surface area (Å²) in [6.07, 6.45) is 67.9. The van der Waals surface area contributed by atoms with E-state index in [9.17, 15) is 0 Å². The van der Waals surface area contributed by atoms with Crippen molar-refractivity contribution in [3.8, 4) is 0 Å². The third kappa shape index (κ3) is 58.9. The Kier molecular flexibility index (Phi) is 67.3. The van der Waals surface area contributed by atoms with E-state index in [4.69, 9.17) is 0 Å². The largest absolute Gasteiger partial charge is 0.315 e. The molecule has 0 radical (unpaired) electrons. The van der Waals surface area contributed by atoms with E-state index < -0.39 is 0 Å². The number of unbranched alkanes of at least 4 members (excludes halogenated alkanes) is 42. The van der Waals surface area contributed by atoms with Gasteiger partial charge in [0.15, 0.2) is 0 Å². The Hall–Kier alpha value is -0.240. The summed E-state index contributed by atoms with van der Waals surface area (Å²) in [6, 6.07) is 0. The number of nitrogens with zero attached hydrogens (tertiary/aromatic N) is 5. The number of likely N-dealkylation sites (N-methyl/N-ethyl adjacent to an activating group) is 1. The molecule has 0 unspecified atom stereocenters. The molecule has 0 aromatic rings. The molecular weight excluding hydrogens is 949 g/mol. The standard InChI is InChI=1S/C72H152N6/c1-8-15-21-27-33-39-45-51-57-73-58-64-75(60-53-47-41-35-29-23-17-10-3)67-68-77(62-55-49-43-37-31-25-19-12-5)71-72-78(63-56-50-44-38-32-26-20-13-6)70-69-76(61-54-48-42-36-30-24-18-11-4)66-65-74(14-7)59-52-46-40-34-28-22-16-9-2/h73H,8-72H2,1-7H3. The summed E-state index contributed by atoms with van der Waals surface area (Å²) in [5.74, 6) is 0. The summed E-state index contributed by atoms with van der Waals surface area (Å²) in [4.78, 5) is 14.5. The maximum atomic E-state index is 3.91. The van der Waals surface area contributed by atoms with Gasteiger partial charge in [-0.25, -0.2) is 0 Å². The van der Waals surface area contributed by atoms with Crippen LogP contribution >= 0.6 is 0 Å². The average molecular weight is 1100 g/mol. The molecule has 1 N–H and O–H groups in total. The summed E-state index contributed by atoms with van der Waals surface area (Å²) in [7, 11) is 0. The predicted octanol–water partition coefficient (Wildman–Crippen LogP) is 21.0. The lowest BCUT2D eigenvalue weighted by molar-refractivity contribution is 0.149. The molecule has 0 atom stereocenters. The van der Waals surface area contributed by atoms with Crippen LogP contribution in [0.5, 0.6) is 0 Å². The summed E-state index contributed by atoms with van der Waals surface area (Å²) >= 11 is 0. The van der Waals surface area contributed by atoms with Gasteiger partial charge >= 0.3 is 0 Å². The van der Waals surface area contributed by atoms with Crippen molar-refractivity contribution in [3.63, 3.8) is 0 Å². The van der Waals surface area contributed by atoms with E-state index >= 15 is 0 Å². The zero-order valence-electron chi connectivity index (χ0n) is 55.7. The lowest BCUT2D eigenvalue weighted by Gasteiger charge is -2.32. The topological polar surface area (TPSA) is 28.2 Å². The molecule has 0 saturated carbocycles. The van der Waals surface area contributed by atoms with Crippen LogP contribution in [0.3, 0.4) is 0 Å². The van der Waals surface area contributed by atoms with Crippen LogP contribution in [-0.2, 0) is 0 Å². The Morgan fingerprint density at radius 1 is 0.154 bits per heavy atom. The first-order valence-electron chi connectivity index (χ1n) is 36.9.